The minimum Gasteiger partial charge on any atom is -0.506 e. The number of aromatic hydroxyl groups is 1. The number of carbonyl (C=O) groups excluding carboxylic acids is 2. The number of hydrogen-bond donors (Lipinski definition) is 3. The van der Waals surface area contributed by atoms with Crippen LogP contribution in [0.3, 0.4) is 0 Å². The molecule has 5 rings (SSSR count). The maximum atomic E-state index is 13.4. The Kier molecular flexibility index (Phi) is 10.9. The first-order valence-corrected chi connectivity index (χ1v) is 15.8. The molecule has 1 saturated carbocycles. The molecule has 1 fully saturated rings. The van der Waals surface area contributed by atoms with E-state index in [1.54, 1.807) is 6.07 Å². The number of ether oxygens (including phenoxy) is 2. The summed E-state index contributed by atoms with van der Waals surface area (Å²) in [7, 11) is 1.95. The summed E-state index contributed by atoms with van der Waals surface area (Å²) >= 11 is 0. The van der Waals surface area contributed by atoms with Crippen molar-refractivity contribution in [2.45, 2.75) is 64.3 Å². The molecule has 0 bridgehead atoms. The van der Waals surface area contributed by atoms with Gasteiger partial charge in [-0.25, -0.2) is 0 Å². The Balaban J connectivity index is 1.06. The lowest BCUT2D eigenvalue weighted by molar-refractivity contribution is -0.135. The van der Waals surface area contributed by atoms with Crippen molar-refractivity contribution in [3.63, 3.8) is 0 Å². The molecule has 0 unspecified atom stereocenters. The van der Waals surface area contributed by atoms with Gasteiger partial charge in [-0.1, -0.05) is 49.6 Å². The summed E-state index contributed by atoms with van der Waals surface area (Å²) < 4.78 is 13.4. The Morgan fingerprint density at radius 3 is 2.80 bits per heavy atom. The van der Waals surface area contributed by atoms with Crippen molar-refractivity contribution in [2.24, 2.45) is 7.05 Å². The number of anilines is 1. The van der Waals surface area contributed by atoms with Crippen molar-refractivity contribution >= 4 is 17.5 Å². The van der Waals surface area contributed by atoms with Crippen molar-refractivity contribution in [3.05, 3.63) is 59.4 Å². The summed E-state index contributed by atoms with van der Waals surface area (Å²) in [6, 6.07) is 12.2. The molecule has 10 nitrogen and oxygen atoms in total. The quantitative estimate of drug-likeness (QED) is 0.185. The molecule has 2 amide bonds. The molecule has 0 spiro atoms. The number of nitrogens with one attached hydrogen (secondary N) is 2. The smallest absolute Gasteiger partial charge is 0.262 e. The van der Waals surface area contributed by atoms with E-state index < -0.39 is 0 Å². The van der Waals surface area contributed by atoms with Crippen molar-refractivity contribution < 1.29 is 24.2 Å². The van der Waals surface area contributed by atoms with Crippen LogP contribution in [0.25, 0.3) is 11.1 Å². The molecular formula is C34H45N5O5. The lowest BCUT2D eigenvalue weighted by Crippen LogP contribution is -2.45. The average Bonchev–Trinajstić information content (AvgIpc) is 3.37. The minimum absolute atomic E-state index is 0.000443. The zero-order valence-electron chi connectivity index (χ0n) is 25.9. The first-order chi connectivity index (χ1) is 21.4. The van der Waals surface area contributed by atoms with Gasteiger partial charge in [0.05, 0.1) is 25.8 Å². The van der Waals surface area contributed by atoms with Gasteiger partial charge in [-0.05, 0) is 61.9 Å². The zero-order valence-corrected chi connectivity index (χ0v) is 25.9. The van der Waals surface area contributed by atoms with Crippen LogP contribution < -0.4 is 15.4 Å². The molecule has 44 heavy (non-hydrogen) atoms. The molecule has 0 radical (unpaired) electrons. The molecular weight excluding hydrogens is 558 g/mol. The first-order valence-electron chi connectivity index (χ1n) is 15.8. The molecule has 1 aliphatic carbocycles. The second-order valence-electron chi connectivity index (χ2n) is 11.7. The second kappa shape index (κ2) is 15.2. The Labute approximate surface area is 259 Å². The molecule has 0 atom stereocenters. The number of phenols is 1. The normalized spacial score (nSPS) is 15.0. The highest BCUT2D eigenvalue weighted by atomic mass is 16.5. The Morgan fingerprint density at radius 2 is 2.00 bits per heavy atom. The van der Waals surface area contributed by atoms with Gasteiger partial charge in [0.25, 0.3) is 5.91 Å². The molecule has 2 aromatic carbocycles. The monoisotopic (exact) mass is 603 g/mol. The van der Waals surface area contributed by atoms with E-state index in [9.17, 15) is 14.7 Å². The number of phenolic OH excluding ortho intramolecular Hbond substituents is 1. The van der Waals surface area contributed by atoms with Crippen LogP contribution >= 0.6 is 0 Å². The van der Waals surface area contributed by atoms with Gasteiger partial charge in [0, 0.05) is 37.4 Å². The standard InChI is InChI=1S/C34H45N5O5/c1-24-29(22-36-38(24)2)27-8-6-7-25(21-27)14-19-43-20-15-32(42)39(28-9-4-3-5-10-28)18-17-35-16-13-26-11-12-30(40)33-34(26)44-23-31(41)37-33/h6-8,11-12,21-22,28,35,40H,3-5,9-10,13-20,23H2,1-2H3,(H,37,41). The highest BCUT2D eigenvalue weighted by Gasteiger charge is 2.25. The van der Waals surface area contributed by atoms with Gasteiger partial charge in [-0.2, -0.15) is 5.10 Å². The van der Waals surface area contributed by atoms with Gasteiger partial charge in [0.2, 0.25) is 5.91 Å². The van der Waals surface area contributed by atoms with E-state index in [1.165, 1.54) is 24.8 Å². The van der Waals surface area contributed by atoms with Crippen LogP contribution in [0.1, 0.15) is 55.3 Å². The Bertz CT molecular complexity index is 1430. The molecule has 3 aromatic rings. The molecule has 2 aliphatic rings. The van der Waals surface area contributed by atoms with Gasteiger partial charge in [0.15, 0.2) is 12.4 Å². The van der Waals surface area contributed by atoms with E-state index in [0.717, 1.165) is 41.6 Å². The van der Waals surface area contributed by atoms with Crippen LogP contribution in [0.4, 0.5) is 5.69 Å². The number of rotatable bonds is 14. The van der Waals surface area contributed by atoms with E-state index >= 15 is 0 Å². The SMILES string of the molecule is Cc1c(-c2cccc(CCOCCC(=O)N(CCNCCc3ccc(O)c4c3OCC(=O)N4)C3CCCCC3)c2)cnn1C. The number of amides is 2. The maximum Gasteiger partial charge on any atom is 0.262 e. The zero-order chi connectivity index (χ0) is 30.9. The largest absolute Gasteiger partial charge is 0.506 e. The van der Waals surface area contributed by atoms with Crippen LogP contribution in [0.2, 0.25) is 0 Å². The van der Waals surface area contributed by atoms with E-state index in [0.29, 0.717) is 57.1 Å². The number of aryl methyl sites for hydroxylation is 1. The number of aromatic nitrogens is 2. The molecule has 10 heteroatoms. The summed E-state index contributed by atoms with van der Waals surface area (Å²) in [6.07, 6.45) is 9.44. The van der Waals surface area contributed by atoms with Crippen LogP contribution in [0.15, 0.2) is 42.6 Å². The highest BCUT2D eigenvalue weighted by molar-refractivity contribution is 5.97. The predicted octanol–water partition coefficient (Wildman–Crippen LogP) is 4.37. The lowest BCUT2D eigenvalue weighted by atomic mass is 9.94. The van der Waals surface area contributed by atoms with Crippen LogP contribution in [0, 0.1) is 6.92 Å². The first kappa shape index (κ1) is 31.5. The van der Waals surface area contributed by atoms with Crippen LogP contribution in [-0.4, -0.2) is 77.1 Å². The number of hydrogen-bond acceptors (Lipinski definition) is 7. The third-order valence-electron chi connectivity index (χ3n) is 8.73. The molecule has 3 N–H and O–H groups in total. The van der Waals surface area contributed by atoms with Crippen molar-refractivity contribution in [1.29, 1.82) is 0 Å². The average molecular weight is 604 g/mol. The summed E-state index contributed by atoms with van der Waals surface area (Å²) in [5.41, 5.74) is 5.89. The van der Waals surface area contributed by atoms with E-state index in [-0.39, 0.29) is 30.2 Å². The van der Waals surface area contributed by atoms with Gasteiger partial charge in [0.1, 0.15) is 11.4 Å². The fraction of sp³-hybridized carbons (Fsp3) is 0.500. The minimum atomic E-state index is -0.275. The summed E-state index contributed by atoms with van der Waals surface area (Å²) in [5, 5.41) is 20.6. The van der Waals surface area contributed by atoms with Crippen molar-refractivity contribution in [2.75, 3.05) is 44.8 Å². The summed E-state index contributed by atoms with van der Waals surface area (Å²) in [5.74, 6) is 0.411. The second-order valence-corrected chi connectivity index (χ2v) is 11.7. The van der Waals surface area contributed by atoms with E-state index in [4.69, 9.17) is 9.47 Å². The third-order valence-corrected chi connectivity index (χ3v) is 8.73. The Hall–Kier alpha value is -3.89. The van der Waals surface area contributed by atoms with Gasteiger partial charge >= 0.3 is 0 Å². The molecule has 2 heterocycles. The lowest BCUT2D eigenvalue weighted by Gasteiger charge is -2.34. The third kappa shape index (κ3) is 7.98. The van der Waals surface area contributed by atoms with E-state index in [1.807, 2.05) is 24.0 Å². The molecule has 236 valence electrons. The van der Waals surface area contributed by atoms with Gasteiger partial charge in [-0.15, -0.1) is 0 Å². The predicted molar refractivity (Wildman–Crippen MR) is 170 cm³/mol. The number of carbonyl (C=O) groups is 2. The van der Waals surface area contributed by atoms with Crippen LogP contribution in [0.5, 0.6) is 11.5 Å². The number of nitrogens with zero attached hydrogens (tertiary/aromatic N) is 3. The maximum absolute atomic E-state index is 13.4. The number of benzene rings is 2. The molecule has 1 aliphatic heterocycles. The number of fused-ring (bicyclic) bond motifs is 1. The van der Waals surface area contributed by atoms with Crippen LogP contribution in [-0.2, 0) is 34.2 Å². The molecule has 0 saturated heterocycles. The topological polar surface area (TPSA) is 118 Å². The summed E-state index contributed by atoms with van der Waals surface area (Å²) in [4.78, 5) is 27.1. The summed E-state index contributed by atoms with van der Waals surface area (Å²) in [6.45, 7) is 5.03. The van der Waals surface area contributed by atoms with Crippen molar-refractivity contribution in [3.8, 4) is 22.6 Å². The van der Waals surface area contributed by atoms with Crippen molar-refractivity contribution in [1.82, 2.24) is 20.0 Å². The van der Waals surface area contributed by atoms with Gasteiger partial charge in [-0.3, -0.25) is 14.3 Å². The molecule has 1 aromatic heterocycles. The highest BCUT2D eigenvalue weighted by Crippen LogP contribution is 2.39. The fourth-order valence-electron chi connectivity index (χ4n) is 6.13. The van der Waals surface area contributed by atoms with Gasteiger partial charge < -0.3 is 30.1 Å². The van der Waals surface area contributed by atoms with E-state index in [2.05, 4.69) is 51.8 Å². The Morgan fingerprint density at radius 1 is 1.16 bits per heavy atom. The fourth-order valence-corrected chi connectivity index (χ4v) is 6.13.